The first kappa shape index (κ1) is 19.9. The van der Waals surface area contributed by atoms with Gasteiger partial charge in [0, 0.05) is 31.1 Å². The summed E-state index contributed by atoms with van der Waals surface area (Å²) >= 11 is 0. The molecule has 2 aromatic carbocycles. The third-order valence-electron chi connectivity index (χ3n) is 5.67. The first-order valence-electron chi connectivity index (χ1n) is 10.3. The van der Waals surface area contributed by atoms with Gasteiger partial charge in [0.05, 0.1) is 11.0 Å². The summed E-state index contributed by atoms with van der Waals surface area (Å²) in [6.07, 6.45) is 1.90. The van der Waals surface area contributed by atoms with E-state index in [4.69, 9.17) is 4.74 Å². The Kier molecular flexibility index (Phi) is 5.70. The fourth-order valence-electron chi connectivity index (χ4n) is 3.99. The van der Waals surface area contributed by atoms with E-state index in [1.807, 2.05) is 35.8 Å². The first-order valence-corrected chi connectivity index (χ1v) is 10.3. The van der Waals surface area contributed by atoms with Crippen molar-refractivity contribution in [3.63, 3.8) is 0 Å². The van der Waals surface area contributed by atoms with Crippen molar-refractivity contribution in [3.05, 3.63) is 64.6 Å². The largest absolute Gasteiger partial charge is 0.484 e. The summed E-state index contributed by atoms with van der Waals surface area (Å²) in [5.41, 5.74) is 2.28. The number of ether oxygens (including phenoxy) is 1. The number of imidazole rings is 1. The molecule has 0 spiro atoms. The standard InChI is InChI=1S/C23H25N3O4/c1-2-21(27)16-7-9-18(10-8-16)30-15-22(28)25-13-11-17(12-14-25)26-20-6-4-3-5-19(20)24-23(26)29/h3-10,17H,2,11-15H2,1H3,(H,24,29). The Morgan fingerprint density at radius 1 is 1.07 bits per heavy atom. The molecule has 0 atom stereocenters. The van der Waals surface area contributed by atoms with E-state index in [1.54, 1.807) is 29.2 Å². The van der Waals surface area contributed by atoms with Crippen LogP contribution in [0.25, 0.3) is 11.0 Å². The molecule has 1 amide bonds. The fourth-order valence-corrected chi connectivity index (χ4v) is 3.99. The highest BCUT2D eigenvalue weighted by Gasteiger charge is 2.26. The Hall–Kier alpha value is -3.35. The maximum Gasteiger partial charge on any atom is 0.326 e. The predicted molar refractivity (Wildman–Crippen MR) is 114 cm³/mol. The molecule has 7 nitrogen and oxygen atoms in total. The Labute approximate surface area is 174 Å². The molecule has 1 aromatic heterocycles. The number of likely N-dealkylation sites (tertiary alicyclic amines) is 1. The van der Waals surface area contributed by atoms with E-state index >= 15 is 0 Å². The second-order valence-corrected chi connectivity index (χ2v) is 7.52. The second-order valence-electron chi connectivity index (χ2n) is 7.52. The Morgan fingerprint density at radius 3 is 2.47 bits per heavy atom. The Bertz CT molecular complexity index is 1110. The van der Waals surface area contributed by atoms with E-state index in [1.165, 1.54) is 0 Å². The van der Waals surface area contributed by atoms with Gasteiger partial charge in [-0.15, -0.1) is 0 Å². The van der Waals surface area contributed by atoms with E-state index in [9.17, 15) is 14.4 Å². The number of aromatic nitrogens is 2. The molecule has 1 N–H and O–H groups in total. The van der Waals surface area contributed by atoms with Gasteiger partial charge in [0.2, 0.25) is 0 Å². The number of hydrogen-bond acceptors (Lipinski definition) is 4. The SMILES string of the molecule is CCC(=O)c1ccc(OCC(=O)N2CCC(n3c(=O)[nH]c4ccccc43)CC2)cc1. The van der Waals surface area contributed by atoms with Crippen molar-refractivity contribution in [1.29, 1.82) is 0 Å². The summed E-state index contributed by atoms with van der Waals surface area (Å²) in [5.74, 6) is 0.569. The number of amides is 1. The van der Waals surface area contributed by atoms with E-state index in [-0.39, 0.29) is 30.0 Å². The summed E-state index contributed by atoms with van der Waals surface area (Å²) in [5, 5.41) is 0. The minimum absolute atomic E-state index is 0.0429. The maximum absolute atomic E-state index is 12.5. The molecule has 30 heavy (non-hydrogen) atoms. The van der Waals surface area contributed by atoms with Gasteiger partial charge in [-0.1, -0.05) is 19.1 Å². The number of nitrogens with zero attached hydrogens (tertiary/aromatic N) is 2. The van der Waals surface area contributed by atoms with E-state index in [0.29, 0.717) is 30.8 Å². The summed E-state index contributed by atoms with van der Waals surface area (Å²) in [7, 11) is 0. The number of piperidine rings is 1. The van der Waals surface area contributed by atoms with Crippen LogP contribution in [0.2, 0.25) is 0 Å². The van der Waals surface area contributed by atoms with Crippen LogP contribution in [0.3, 0.4) is 0 Å². The molecule has 0 saturated carbocycles. The predicted octanol–water partition coefficient (Wildman–Crippen LogP) is 3.16. The van der Waals surface area contributed by atoms with Crippen molar-refractivity contribution in [2.24, 2.45) is 0 Å². The van der Waals surface area contributed by atoms with E-state index in [0.717, 1.165) is 23.9 Å². The summed E-state index contributed by atoms with van der Waals surface area (Å²) in [6.45, 7) is 2.95. The number of H-pyrrole nitrogens is 1. The minimum Gasteiger partial charge on any atom is -0.484 e. The van der Waals surface area contributed by atoms with Gasteiger partial charge in [0.25, 0.3) is 5.91 Å². The molecular formula is C23H25N3O4. The topological polar surface area (TPSA) is 84.4 Å². The molecule has 7 heteroatoms. The zero-order chi connectivity index (χ0) is 21.1. The molecule has 2 heterocycles. The van der Waals surface area contributed by atoms with Crippen molar-refractivity contribution in [3.8, 4) is 5.75 Å². The van der Waals surface area contributed by atoms with Gasteiger partial charge < -0.3 is 14.6 Å². The average molecular weight is 407 g/mol. The number of rotatable bonds is 6. The van der Waals surface area contributed by atoms with Gasteiger partial charge >= 0.3 is 5.69 Å². The number of para-hydroxylation sites is 2. The molecule has 0 bridgehead atoms. The number of benzene rings is 2. The summed E-state index contributed by atoms with van der Waals surface area (Å²) in [4.78, 5) is 41.3. The number of carbonyl (C=O) groups is 2. The summed E-state index contributed by atoms with van der Waals surface area (Å²) in [6, 6.07) is 14.6. The van der Waals surface area contributed by atoms with Crippen LogP contribution >= 0.6 is 0 Å². The number of hydrogen-bond donors (Lipinski definition) is 1. The van der Waals surface area contributed by atoms with Crippen LogP contribution in [0.1, 0.15) is 42.6 Å². The number of carbonyl (C=O) groups excluding carboxylic acids is 2. The molecule has 4 rings (SSSR count). The van der Waals surface area contributed by atoms with E-state index < -0.39 is 0 Å². The molecule has 1 fully saturated rings. The lowest BCUT2D eigenvalue weighted by molar-refractivity contribution is -0.134. The van der Waals surface area contributed by atoms with Crippen molar-refractivity contribution in [1.82, 2.24) is 14.5 Å². The number of ketones is 1. The highest BCUT2D eigenvalue weighted by Crippen LogP contribution is 2.25. The zero-order valence-electron chi connectivity index (χ0n) is 17.0. The highest BCUT2D eigenvalue weighted by atomic mass is 16.5. The fraction of sp³-hybridized carbons (Fsp3) is 0.348. The zero-order valence-corrected chi connectivity index (χ0v) is 17.0. The molecule has 0 aliphatic carbocycles. The minimum atomic E-state index is -0.102. The van der Waals surface area contributed by atoms with Crippen LogP contribution in [-0.2, 0) is 4.79 Å². The van der Waals surface area contributed by atoms with Gasteiger partial charge in [-0.3, -0.25) is 14.2 Å². The monoisotopic (exact) mass is 407 g/mol. The van der Waals surface area contributed by atoms with Crippen molar-refractivity contribution < 1.29 is 14.3 Å². The molecule has 0 unspecified atom stereocenters. The molecule has 156 valence electrons. The molecule has 1 saturated heterocycles. The van der Waals surface area contributed by atoms with Crippen molar-refractivity contribution in [2.75, 3.05) is 19.7 Å². The number of nitrogens with one attached hydrogen (secondary N) is 1. The van der Waals surface area contributed by atoms with Crippen LogP contribution in [0.4, 0.5) is 0 Å². The van der Waals surface area contributed by atoms with Gasteiger partial charge in [0.1, 0.15) is 5.75 Å². The third kappa shape index (κ3) is 4.01. The normalized spacial score (nSPS) is 14.8. The molecule has 1 aliphatic rings. The smallest absolute Gasteiger partial charge is 0.326 e. The lowest BCUT2D eigenvalue weighted by atomic mass is 10.0. The van der Waals surface area contributed by atoms with Crippen molar-refractivity contribution in [2.45, 2.75) is 32.2 Å². The first-order chi connectivity index (χ1) is 14.6. The number of Topliss-reactive ketones (excluding diaryl/α,β-unsaturated/α-hetero) is 1. The van der Waals surface area contributed by atoms with Gasteiger partial charge in [-0.25, -0.2) is 4.79 Å². The van der Waals surface area contributed by atoms with Gasteiger partial charge in [0.15, 0.2) is 12.4 Å². The molecule has 1 aliphatic heterocycles. The molecule has 0 radical (unpaired) electrons. The van der Waals surface area contributed by atoms with Crippen LogP contribution in [0, 0.1) is 0 Å². The average Bonchev–Trinajstić information content (AvgIpc) is 3.13. The maximum atomic E-state index is 12.5. The molecular weight excluding hydrogens is 382 g/mol. The molecule has 3 aromatic rings. The Balaban J connectivity index is 1.33. The van der Waals surface area contributed by atoms with Crippen LogP contribution in [0.5, 0.6) is 5.75 Å². The second kappa shape index (κ2) is 8.57. The lowest BCUT2D eigenvalue weighted by Gasteiger charge is -2.32. The van der Waals surface area contributed by atoms with E-state index in [2.05, 4.69) is 4.98 Å². The number of aromatic amines is 1. The Morgan fingerprint density at radius 2 is 1.77 bits per heavy atom. The van der Waals surface area contributed by atoms with Gasteiger partial charge in [-0.05, 0) is 49.2 Å². The third-order valence-corrected chi connectivity index (χ3v) is 5.67. The number of fused-ring (bicyclic) bond motifs is 1. The summed E-state index contributed by atoms with van der Waals surface area (Å²) < 4.78 is 7.41. The van der Waals surface area contributed by atoms with Crippen molar-refractivity contribution >= 4 is 22.7 Å². The van der Waals surface area contributed by atoms with Crippen LogP contribution in [0.15, 0.2) is 53.3 Å². The lowest BCUT2D eigenvalue weighted by Crippen LogP contribution is -2.42. The quantitative estimate of drug-likeness (QED) is 0.636. The van der Waals surface area contributed by atoms with Crippen LogP contribution < -0.4 is 10.4 Å². The van der Waals surface area contributed by atoms with Crippen LogP contribution in [-0.4, -0.2) is 45.8 Å². The highest BCUT2D eigenvalue weighted by molar-refractivity contribution is 5.95. The van der Waals surface area contributed by atoms with Gasteiger partial charge in [-0.2, -0.15) is 0 Å².